The predicted molar refractivity (Wildman–Crippen MR) is 66.2 cm³/mol. The third-order valence-electron chi connectivity index (χ3n) is 2.70. The molecule has 1 amide bonds. The van der Waals surface area contributed by atoms with Gasteiger partial charge in [0.1, 0.15) is 0 Å². The van der Waals surface area contributed by atoms with E-state index in [0.717, 1.165) is 25.8 Å². The summed E-state index contributed by atoms with van der Waals surface area (Å²) < 4.78 is 5.07. The minimum Gasteiger partial charge on any atom is -0.383 e. The lowest BCUT2D eigenvalue weighted by atomic mass is 10.1. The number of unbranched alkanes of at least 4 members (excludes halogenated alkanes) is 2. The second-order valence-corrected chi connectivity index (χ2v) is 4.08. The van der Waals surface area contributed by atoms with Crippen LogP contribution in [0.25, 0.3) is 0 Å². The highest BCUT2D eigenvalue weighted by Crippen LogP contribution is 2.07. The Kier molecular flexibility index (Phi) is 9.24. The maximum Gasteiger partial charge on any atom is 0.222 e. The zero-order valence-electron chi connectivity index (χ0n) is 10.9. The first-order valence-corrected chi connectivity index (χ1v) is 6.15. The third-order valence-corrected chi connectivity index (χ3v) is 2.70. The molecule has 0 aliphatic heterocycles. The van der Waals surface area contributed by atoms with Gasteiger partial charge in [0, 0.05) is 20.1 Å². The maximum absolute atomic E-state index is 11.9. The average Bonchev–Trinajstić information content (AvgIpc) is 2.26. The summed E-state index contributed by atoms with van der Waals surface area (Å²) in [5.74, 6) is 0.226. The summed E-state index contributed by atoms with van der Waals surface area (Å²) in [4.78, 5) is 13.8. The molecule has 96 valence electrons. The molecule has 2 N–H and O–H groups in total. The van der Waals surface area contributed by atoms with Gasteiger partial charge in [-0.25, -0.2) is 0 Å². The van der Waals surface area contributed by atoms with Crippen LogP contribution in [0.2, 0.25) is 0 Å². The normalized spacial score (nSPS) is 12.5. The molecule has 16 heavy (non-hydrogen) atoms. The Balaban J connectivity index is 3.90. The lowest BCUT2D eigenvalue weighted by Gasteiger charge is -2.27. The average molecular weight is 230 g/mol. The van der Waals surface area contributed by atoms with Gasteiger partial charge in [-0.15, -0.1) is 0 Å². The molecule has 0 aromatic rings. The molecule has 0 bridgehead atoms. The first-order valence-electron chi connectivity index (χ1n) is 6.15. The number of hydrogen-bond donors (Lipinski definition) is 1. The number of carbonyl (C=O) groups is 1. The maximum atomic E-state index is 11.9. The molecule has 1 atom stereocenters. The van der Waals surface area contributed by atoms with Crippen molar-refractivity contribution in [2.75, 3.05) is 26.8 Å². The number of likely N-dealkylation sites (N-methyl/N-ethyl adjacent to an activating group) is 1. The molecule has 0 heterocycles. The summed E-state index contributed by atoms with van der Waals surface area (Å²) in [7, 11) is 1.66. The zero-order valence-corrected chi connectivity index (χ0v) is 10.9. The van der Waals surface area contributed by atoms with Crippen molar-refractivity contribution in [1.82, 2.24) is 4.90 Å². The van der Waals surface area contributed by atoms with Crippen LogP contribution in [-0.2, 0) is 9.53 Å². The van der Waals surface area contributed by atoms with Gasteiger partial charge < -0.3 is 15.4 Å². The van der Waals surface area contributed by atoms with Crippen molar-refractivity contribution in [2.45, 2.75) is 45.6 Å². The zero-order chi connectivity index (χ0) is 12.4. The topological polar surface area (TPSA) is 55.6 Å². The highest BCUT2D eigenvalue weighted by Gasteiger charge is 2.17. The van der Waals surface area contributed by atoms with E-state index in [0.29, 0.717) is 19.6 Å². The molecule has 0 spiro atoms. The minimum atomic E-state index is 0.164. The highest BCUT2D eigenvalue weighted by atomic mass is 16.5. The Morgan fingerprint density at radius 2 is 2.06 bits per heavy atom. The molecule has 0 radical (unpaired) electrons. The number of carbonyl (C=O) groups excluding carboxylic acids is 1. The molecule has 0 fully saturated rings. The van der Waals surface area contributed by atoms with Gasteiger partial charge in [0.15, 0.2) is 0 Å². The largest absolute Gasteiger partial charge is 0.383 e. The monoisotopic (exact) mass is 230 g/mol. The van der Waals surface area contributed by atoms with Crippen LogP contribution in [0.3, 0.4) is 0 Å². The predicted octanol–water partition coefficient (Wildman–Crippen LogP) is 1.39. The second-order valence-electron chi connectivity index (χ2n) is 4.08. The van der Waals surface area contributed by atoms with E-state index in [-0.39, 0.29) is 11.9 Å². The van der Waals surface area contributed by atoms with Crippen LogP contribution in [0.4, 0.5) is 0 Å². The van der Waals surface area contributed by atoms with E-state index in [1.165, 1.54) is 0 Å². The van der Waals surface area contributed by atoms with E-state index in [1.54, 1.807) is 7.11 Å². The second kappa shape index (κ2) is 9.60. The van der Waals surface area contributed by atoms with Crippen molar-refractivity contribution >= 4 is 5.91 Å². The number of nitrogens with zero attached hydrogens (tertiary/aromatic N) is 1. The summed E-state index contributed by atoms with van der Waals surface area (Å²) in [6, 6.07) is 0.164. The molecular formula is C12H26N2O2. The first-order chi connectivity index (χ1) is 7.67. The summed E-state index contributed by atoms with van der Waals surface area (Å²) >= 11 is 0. The fourth-order valence-electron chi connectivity index (χ4n) is 1.81. The van der Waals surface area contributed by atoms with E-state index in [2.05, 4.69) is 0 Å². The number of hydrogen-bond acceptors (Lipinski definition) is 3. The van der Waals surface area contributed by atoms with Gasteiger partial charge in [-0.2, -0.15) is 0 Å². The van der Waals surface area contributed by atoms with Gasteiger partial charge in [-0.3, -0.25) is 4.79 Å². The number of methoxy groups -OCH3 is 1. The highest BCUT2D eigenvalue weighted by molar-refractivity contribution is 5.76. The van der Waals surface area contributed by atoms with Crippen LogP contribution in [-0.4, -0.2) is 43.7 Å². The number of ether oxygens (including phenoxy) is 1. The van der Waals surface area contributed by atoms with Crippen molar-refractivity contribution in [2.24, 2.45) is 5.73 Å². The molecule has 0 aromatic heterocycles. The summed E-state index contributed by atoms with van der Waals surface area (Å²) in [6.45, 7) is 6.09. The van der Waals surface area contributed by atoms with Gasteiger partial charge in [0.2, 0.25) is 5.91 Å². The van der Waals surface area contributed by atoms with Gasteiger partial charge in [0.25, 0.3) is 0 Å². The van der Waals surface area contributed by atoms with E-state index in [4.69, 9.17) is 10.5 Å². The van der Waals surface area contributed by atoms with Crippen molar-refractivity contribution in [3.05, 3.63) is 0 Å². The Morgan fingerprint density at radius 1 is 1.38 bits per heavy atom. The van der Waals surface area contributed by atoms with Crippen LogP contribution < -0.4 is 5.73 Å². The third kappa shape index (κ3) is 6.08. The van der Waals surface area contributed by atoms with Crippen molar-refractivity contribution < 1.29 is 9.53 Å². The van der Waals surface area contributed by atoms with Crippen LogP contribution in [0, 0.1) is 0 Å². The van der Waals surface area contributed by atoms with Gasteiger partial charge in [-0.1, -0.05) is 6.42 Å². The van der Waals surface area contributed by atoms with Gasteiger partial charge in [-0.05, 0) is 33.2 Å². The molecule has 0 rings (SSSR count). The fraction of sp³-hybridized carbons (Fsp3) is 0.917. The first kappa shape index (κ1) is 15.4. The molecule has 0 saturated carbocycles. The molecule has 0 aliphatic carbocycles. The van der Waals surface area contributed by atoms with Crippen molar-refractivity contribution in [3.63, 3.8) is 0 Å². The molecule has 1 unspecified atom stereocenters. The lowest BCUT2D eigenvalue weighted by molar-refractivity contribution is -0.134. The van der Waals surface area contributed by atoms with Gasteiger partial charge in [0.05, 0.1) is 12.6 Å². The number of rotatable bonds is 9. The van der Waals surface area contributed by atoms with Crippen LogP contribution in [0.1, 0.15) is 39.5 Å². The van der Waals surface area contributed by atoms with Crippen molar-refractivity contribution in [1.29, 1.82) is 0 Å². The minimum absolute atomic E-state index is 0.164. The molecule has 0 aliphatic rings. The van der Waals surface area contributed by atoms with E-state index >= 15 is 0 Å². The Morgan fingerprint density at radius 3 is 2.56 bits per heavy atom. The van der Waals surface area contributed by atoms with Crippen LogP contribution in [0.5, 0.6) is 0 Å². The quantitative estimate of drug-likeness (QED) is 0.609. The molecule has 4 nitrogen and oxygen atoms in total. The van der Waals surface area contributed by atoms with Gasteiger partial charge >= 0.3 is 0 Å². The Hall–Kier alpha value is -0.610. The molecular weight excluding hydrogens is 204 g/mol. The Bertz CT molecular complexity index is 186. The lowest BCUT2D eigenvalue weighted by Crippen LogP contribution is -2.40. The fourth-order valence-corrected chi connectivity index (χ4v) is 1.81. The van der Waals surface area contributed by atoms with Crippen LogP contribution >= 0.6 is 0 Å². The molecule has 0 aromatic carbocycles. The summed E-state index contributed by atoms with van der Waals surface area (Å²) in [6.07, 6.45) is 3.61. The van der Waals surface area contributed by atoms with Crippen LogP contribution in [0.15, 0.2) is 0 Å². The Labute approximate surface area is 99.1 Å². The summed E-state index contributed by atoms with van der Waals surface area (Å²) in [5.41, 5.74) is 5.41. The molecule has 0 saturated heterocycles. The standard InChI is InChI=1S/C12H26N2O2/c1-4-14(11(2)10-16-3)12(15)8-6-5-7-9-13/h11H,4-10,13H2,1-3H3. The number of nitrogens with two attached hydrogens (primary N) is 1. The number of amides is 1. The molecule has 4 heteroatoms. The summed E-state index contributed by atoms with van der Waals surface area (Å²) in [5, 5.41) is 0. The SMILES string of the molecule is CCN(C(=O)CCCCCN)C(C)COC. The van der Waals surface area contributed by atoms with E-state index in [9.17, 15) is 4.79 Å². The van der Waals surface area contributed by atoms with E-state index < -0.39 is 0 Å². The smallest absolute Gasteiger partial charge is 0.222 e. The van der Waals surface area contributed by atoms with Crippen molar-refractivity contribution in [3.8, 4) is 0 Å². The van der Waals surface area contributed by atoms with E-state index in [1.807, 2.05) is 18.7 Å².